The van der Waals surface area contributed by atoms with Gasteiger partial charge in [0, 0.05) is 23.7 Å². The topological polar surface area (TPSA) is 43.8 Å². The van der Waals surface area contributed by atoms with Gasteiger partial charge in [-0.2, -0.15) is 0 Å². The van der Waals surface area contributed by atoms with Gasteiger partial charge < -0.3 is 14.9 Å². The number of aliphatic hydroxyl groups excluding tert-OH is 1. The van der Waals surface area contributed by atoms with Crippen LogP contribution in [0.25, 0.3) is 21.9 Å². The highest BCUT2D eigenvalue weighted by atomic mass is 19.1. The van der Waals surface area contributed by atoms with Gasteiger partial charge in [0.1, 0.15) is 5.82 Å². The van der Waals surface area contributed by atoms with Gasteiger partial charge in [-0.15, -0.1) is 0 Å². The van der Waals surface area contributed by atoms with E-state index in [0.29, 0.717) is 23.2 Å². The van der Waals surface area contributed by atoms with Crippen molar-refractivity contribution in [3.63, 3.8) is 0 Å². The maximum absolute atomic E-state index is 14.8. The number of carbonyl (C=O) groups is 1. The highest BCUT2D eigenvalue weighted by Gasteiger charge is 2.36. The molecule has 3 aromatic carbocycles. The van der Waals surface area contributed by atoms with Crippen molar-refractivity contribution in [1.29, 1.82) is 0 Å². The fourth-order valence-corrected chi connectivity index (χ4v) is 4.43. The molecule has 1 N–H and O–H groups in total. The molecule has 4 rings (SSSR count). The monoisotopic (exact) mass is 406 g/mol. The molecule has 30 heavy (non-hydrogen) atoms. The van der Waals surface area contributed by atoms with E-state index in [1.807, 2.05) is 56.6 Å². The van der Waals surface area contributed by atoms with Crippen molar-refractivity contribution < 1.29 is 14.3 Å². The molecule has 4 nitrogen and oxygen atoms in total. The van der Waals surface area contributed by atoms with Crippen LogP contribution in [-0.2, 0) is 0 Å². The number of aryl methyl sites for hydroxylation is 1. The molecule has 1 aliphatic rings. The van der Waals surface area contributed by atoms with Crippen LogP contribution in [0.4, 0.5) is 4.39 Å². The van der Waals surface area contributed by atoms with Crippen LogP contribution in [0, 0.1) is 12.7 Å². The lowest BCUT2D eigenvalue weighted by atomic mass is 9.94. The van der Waals surface area contributed by atoms with Crippen LogP contribution >= 0.6 is 0 Å². The van der Waals surface area contributed by atoms with Gasteiger partial charge in [-0.3, -0.25) is 4.79 Å². The quantitative estimate of drug-likeness (QED) is 0.710. The number of nitrogens with zero attached hydrogens (tertiary/aromatic N) is 2. The van der Waals surface area contributed by atoms with Crippen molar-refractivity contribution in [2.24, 2.45) is 0 Å². The molecule has 0 aliphatic carbocycles. The first kappa shape index (κ1) is 20.5. The Hall–Kier alpha value is -2.76. The number of likely N-dealkylation sites (N-methyl/N-ethyl adjacent to an activating group) is 1. The minimum Gasteiger partial charge on any atom is -0.394 e. The van der Waals surface area contributed by atoms with Crippen molar-refractivity contribution >= 4 is 16.7 Å². The highest BCUT2D eigenvalue weighted by molar-refractivity contribution is 6.10. The average molecular weight is 407 g/mol. The van der Waals surface area contributed by atoms with E-state index in [9.17, 15) is 14.3 Å². The van der Waals surface area contributed by atoms with Gasteiger partial charge in [0.2, 0.25) is 0 Å². The van der Waals surface area contributed by atoms with Crippen LogP contribution in [0.3, 0.4) is 0 Å². The number of carbonyl (C=O) groups excluding carboxylic acids is 1. The summed E-state index contributed by atoms with van der Waals surface area (Å²) in [7, 11) is 3.99. The first-order chi connectivity index (χ1) is 14.4. The Morgan fingerprint density at radius 2 is 1.73 bits per heavy atom. The molecule has 0 radical (unpaired) electrons. The molecule has 1 amide bonds. The highest BCUT2D eigenvalue weighted by Crippen LogP contribution is 2.34. The fraction of sp³-hybridized carbons (Fsp3) is 0.320. The third-order valence-corrected chi connectivity index (χ3v) is 6.23. The smallest absolute Gasteiger partial charge is 0.254 e. The van der Waals surface area contributed by atoms with E-state index in [1.165, 1.54) is 0 Å². The lowest BCUT2D eigenvalue weighted by molar-refractivity contribution is 0.0675. The van der Waals surface area contributed by atoms with Gasteiger partial charge >= 0.3 is 0 Å². The zero-order valence-corrected chi connectivity index (χ0v) is 17.6. The first-order valence-corrected chi connectivity index (χ1v) is 10.3. The predicted molar refractivity (Wildman–Crippen MR) is 118 cm³/mol. The number of likely N-dealkylation sites (tertiary alicyclic amines) is 1. The van der Waals surface area contributed by atoms with Crippen LogP contribution in [0.2, 0.25) is 0 Å². The second kappa shape index (κ2) is 8.17. The molecule has 5 heteroatoms. The van der Waals surface area contributed by atoms with Gasteiger partial charge in [-0.25, -0.2) is 4.39 Å². The third-order valence-electron chi connectivity index (χ3n) is 6.23. The standard InChI is InChI=1S/C25H27FN2O2/c1-16-7-4-11-22(24(16)26)20-9-5-10-21-19(20)8-6-12-23(21)25(30)28-14-17(27(2)3)13-18(28)15-29/h4-12,17-18,29H,13-15H2,1-3H3/t17-,18-/m0/s1. The Balaban J connectivity index is 1.80. The van der Waals surface area contributed by atoms with E-state index in [1.54, 1.807) is 24.0 Å². The predicted octanol–water partition coefficient (Wildman–Crippen LogP) is 4.09. The van der Waals surface area contributed by atoms with Crippen LogP contribution < -0.4 is 0 Å². The van der Waals surface area contributed by atoms with E-state index in [2.05, 4.69) is 4.90 Å². The van der Waals surface area contributed by atoms with E-state index in [-0.39, 0.29) is 30.4 Å². The van der Waals surface area contributed by atoms with Crippen LogP contribution in [-0.4, -0.2) is 60.1 Å². The number of fused-ring (bicyclic) bond motifs is 1. The number of amides is 1. The zero-order chi connectivity index (χ0) is 21.4. The summed E-state index contributed by atoms with van der Waals surface area (Å²) in [5.41, 5.74) is 2.48. The van der Waals surface area contributed by atoms with E-state index < -0.39 is 0 Å². The molecule has 0 saturated carbocycles. The molecule has 1 heterocycles. The summed E-state index contributed by atoms with van der Waals surface area (Å²) in [4.78, 5) is 17.4. The summed E-state index contributed by atoms with van der Waals surface area (Å²) in [6.07, 6.45) is 0.750. The Labute approximate surface area is 176 Å². The molecule has 1 saturated heterocycles. The first-order valence-electron chi connectivity index (χ1n) is 10.3. The second-order valence-corrected chi connectivity index (χ2v) is 8.29. The van der Waals surface area contributed by atoms with E-state index in [4.69, 9.17) is 0 Å². The molecule has 0 spiro atoms. The van der Waals surface area contributed by atoms with Gasteiger partial charge in [-0.1, -0.05) is 48.5 Å². The molecule has 156 valence electrons. The van der Waals surface area contributed by atoms with Crippen molar-refractivity contribution in [2.75, 3.05) is 27.2 Å². The van der Waals surface area contributed by atoms with Crippen molar-refractivity contribution in [1.82, 2.24) is 9.80 Å². The number of hydrogen-bond acceptors (Lipinski definition) is 3. The number of aliphatic hydroxyl groups is 1. The minimum atomic E-state index is -0.240. The summed E-state index contributed by atoms with van der Waals surface area (Å²) in [5, 5.41) is 11.5. The Kier molecular flexibility index (Phi) is 5.58. The molecule has 1 aliphatic heterocycles. The average Bonchev–Trinajstić information content (AvgIpc) is 3.19. The molecular weight excluding hydrogens is 379 g/mol. The third kappa shape index (κ3) is 3.48. The SMILES string of the molecule is Cc1cccc(-c2cccc3c(C(=O)N4C[C@@H](N(C)C)C[C@H]4CO)cccc23)c1F. The largest absolute Gasteiger partial charge is 0.394 e. The minimum absolute atomic E-state index is 0.0550. The van der Waals surface area contributed by atoms with Crippen molar-refractivity contribution in [2.45, 2.75) is 25.4 Å². The summed E-state index contributed by atoms with van der Waals surface area (Å²) >= 11 is 0. The number of rotatable bonds is 4. The molecule has 3 aromatic rings. The van der Waals surface area contributed by atoms with Crippen molar-refractivity contribution in [3.8, 4) is 11.1 Å². The van der Waals surface area contributed by atoms with Crippen LogP contribution in [0.5, 0.6) is 0 Å². The van der Waals surface area contributed by atoms with Crippen molar-refractivity contribution in [3.05, 3.63) is 71.5 Å². The zero-order valence-electron chi connectivity index (χ0n) is 17.6. The second-order valence-electron chi connectivity index (χ2n) is 8.29. The van der Waals surface area contributed by atoms with E-state index >= 15 is 0 Å². The molecule has 0 bridgehead atoms. The van der Waals surface area contributed by atoms with Crippen LogP contribution in [0.15, 0.2) is 54.6 Å². The Bertz CT molecular complexity index is 1100. The molecule has 0 aromatic heterocycles. The summed E-state index contributed by atoms with van der Waals surface area (Å²) in [6.45, 7) is 2.28. The van der Waals surface area contributed by atoms with Gasteiger partial charge in [0.25, 0.3) is 5.91 Å². The van der Waals surface area contributed by atoms with Crippen LogP contribution in [0.1, 0.15) is 22.3 Å². The van der Waals surface area contributed by atoms with E-state index in [0.717, 1.165) is 22.8 Å². The summed E-state index contributed by atoms with van der Waals surface area (Å²) < 4.78 is 14.8. The maximum Gasteiger partial charge on any atom is 0.254 e. The number of halogens is 1. The molecule has 1 fully saturated rings. The maximum atomic E-state index is 14.8. The molecule has 0 unspecified atom stereocenters. The van der Waals surface area contributed by atoms with Gasteiger partial charge in [-0.05, 0) is 55.4 Å². The number of benzene rings is 3. The fourth-order valence-electron chi connectivity index (χ4n) is 4.43. The summed E-state index contributed by atoms with van der Waals surface area (Å²) in [5.74, 6) is -0.332. The Morgan fingerprint density at radius 1 is 1.07 bits per heavy atom. The molecule has 2 atom stereocenters. The van der Waals surface area contributed by atoms with Gasteiger partial charge in [0.05, 0.1) is 12.6 Å². The lowest BCUT2D eigenvalue weighted by Gasteiger charge is -2.24. The number of hydrogen-bond donors (Lipinski definition) is 1. The normalized spacial score (nSPS) is 19.1. The van der Waals surface area contributed by atoms with Gasteiger partial charge in [0.15, 0.2) is 0 Å². The Morgan fingerprint density at radius 3 is 2.47 bits per heavy atom. The molecular formula is C25H27FN2O2. The summed E-state index contributed by atoms with van der Waals surface area (Å²) in [6, 6.07) is 16.7. The lowest BCUT2D eigenvalue weighted by Crippen LogP contribution is -2.39.